The lowest BCUT2D eigenvalue weighted by molar-refractivity contribution is -0.128. The van der Waals surface area contributed by atoms with Gasteiger partial charge in [0.15, 0.2) is 9.94 Å². The molecule has 0 saturated carbocycles. The molecule has 1 aromatic heterocycles. The summed E-state index contributed by atoms with van der Waals surface area (Å²) >= 11 is 8.80. The number of hydrogen-bond acceptors (Lipinski definition) is 6. The van der Waals surface area contributed by atoms with Crippen molar-refractivity contribution in [3.63, 3.8) is 0 Å². The van der Waals surface area contributed by atoms with Crippen LogP contribution < -0.4 is 10.1 Å². The van der Waals surface area contributed by atoms with E-state index in [9.17, 15) is 4.79 Å². The van der Waals surface area contributed by atoms with Crippen LogP contribution >= 0.6 is 34.7 Å². The van der Waals surface area contributed by atoms with Gasteiger partial charge in [0, 0.05) is 10.3 Å². The number of carbonyl (C=O) groups excluding carboxylic acids is 1. The second kappa shape index (κ2) is 7.51. The zero-order chi connectivity index (χ0) is 17.0. The van der Waals surface area contributed by atoms with E-state index >= 15 is 0 Å². The number of halogens is 1. The van der Waals surface area contributed by atoms with Gasteiger partial charge in [-0.15, -0.1) is 10.2 Å². The molecule has 0 unspecified atom stereocenters. The van der Waals surface area contributed by atoms with Crippen LogP contribution in [0.3, 0.4) is 0 Å². The summed E-state index contributed by atoms with van der Waals surface area (Å²) in [4.78, 5) is 12.4. The average Bonchev–Trinajstić information content (AvgIpc) is 2.87. The summed E-state index contributed by atoms with van der Waals surface area (Å²) < 4.78 is 6.57. The number of thioether (sulfide) groups is 1. The Bertz CT molecular complexity index is 672. The number of anilines is 1. The van der Waals surface area contributed by atoms with E-state index in [0.717, 1.165) is 4.34 Å². The Morgan fingerprint density at radius 3 is 2.57 bits per heavy atom. The van der Waals surface area contributed by atoms with Crippen LogP contribution in [-0.4, -0.2) is 27.0 Å². The molecular formula is C15H18ClN3O2S2. The lowest BCUT2D eigenvalue weighted by Crippen LogP contribution is -2.42. The van der Waals surface area contributed by atoms with Crippen molar-refractivity contribution in [2.75, 3.05) is 5.32 Å². The third-order valence-corrected chi connectivity index (χ3v) is 4.88. The Morgan fingerprint density at radius 2 is 1.96 bits per heavy atom. The van der Waals surface area contributed by atoms with Gasteiger partial charge in [0.05, 0.1) is 0 Å². The van der Waals surface area contributed by atoms with E-state index < -0.39 is 5.60 Å². The number of ether oxygens (including phenoxy) is 1. The summed E-state index contributed by atoms with van der Waals surface area (Å²) in [6.07, 6.45) is 0. The van der Waals surface area contributed by atoms with Gasteiger partial charge in [-0.05, 0) is 38.1 Å². The van der Waals surface area contributed by atoms with Gasteiger partial charge in [-0.1, -0.05) is 48.5 Å². The maximum Gasteiger partial charge on any atom is 0.269 e. The van der Waals surface area contributed by atoms with Crippen molar-refractivity contribution in [1.82, 2.24) is 10.2 Å². The molecule has 5 nitrogen and oxygen atoms in total. The zero-order valence-corrected chi connectivity index (χ0v) is 15.7. The number of nitrogens with one attached hydrogen (secondary N) is 1. The van der Waals surface area contributed by atoms with Crippen LogP contribution in [0.1, 0.15) is 27.7 Å². The van der Waals surface area contributed by atoms with Crippen molar-refractivity contribution in [3.05, 3.63) is 29.3 Å². The normalized spacial score (nSPS) is 11.6. The number of aromatic nitrogens is 2. The predicted octanol–water partition coefficient (Wildman–Crippen LogP) is 4.49. The molecule has 0 atom stereocenters. The number of benzene rings is 1. The van der Waals surface area contributed by atoms with Crippen molar-refractivity contribution < 1.29 is 9.53 Å². The monoisotopic (exact) mass is 371 g/mol. The molecular weight excluding hydrogens is 354 g/mol. The summed E-state index contributed by atoms with van der Waals surface area (Å²) in [6, 6.07) is 6.87. The van der Waals surface area contributed by atoms with Gasteiger partial charge in [0.2, 0.25) is 5.13 Å². The van der Waals surface area contributed by atoms with E-state index in [1.54, 1.807) is 49.9 Å². The van der Waals surface area contributed by atoms with Gasteiger partial charge in [0.1, 0.15) is 5.75 Å². The lowest BCUT2D eigenvalue weighted by atomic mass is 10.1. The molecule has 0 bridgehead atoms. The second-order valence-corrected chi connectivity index (χ2v) is 8.80. The highest BCUT2D eigenvalue weighted by Crippen LogP contribution is 2.29. The molecule has 0 aliphatic rings. The Hall–Kier alpha value is -1.31. The van der Waals surface area contributed by atoms with Crippen LogP contribution in [0.2, 0.25) is 5.02 Å². The number of rotatable bonds is 6. The number of amides is 1. The fourth-order valence-electron chi connectivity index (χ4n) is 1.60. The van der Waals surface area contributed by atoms with Gasteiger partial charge in [-0.2, -0.15) is 0 Å². The molecule has 1 aromatic carbocycles. The maximum atomic E-state index is 12.4. The number of hydrogen-bond donors (Lipinski definition) is 1. The molecule has 2 rings (SSSR count). The van der Waals surface area contributed by atoms with Gasteiger partial charge in [0.25, 0.3) is 5.91 Å². The highest BCUT2D eigenvalue weighted by Gasteiger charge is 2.31. The summed E-state index contributed by atoms with van der Waals surface area (Å²) in [5.41, 5.74) is -1.05. The Balaban J connectivity index is 2.00. The zero-order valence-electron chi connectivity index (χ0n) is 13.3. The molecule has 8 heteroatoms. The van der Waals surface area contributed by atoms with Gasteiger partial charge in [-0.25, -0.2) is 0 Å². The average molecular weight is 372 g/mol. The summed E-state index contributed by atoms with van der Waals surface area (Å²) in [5, 5.41) is 12.3. The van der Waals surface area contributed by atoms with E-state index in [2.05, 4.69) is 29.4 Å². The molecule has 1 amide bonds. The van der Waals surface area contributed by atoms with E-state index in [1.807, 2.05) is 0 Å². The SMILES string of the molecule is CC(C)Sc1nnc(NC(=O)C(C)(C)Oc2ccc(Cl)cc2)s1. The number of nitrogens with zero attached hydrogens (tertiary/aromatic N) is 2. The van der Waals surface area contributed by atoms with Crippen molar-refractivity contribution in [3.8, 4) is 5.75 Å². The lowest BCUT2D eigenvalue weighted by Gasteiger charge is -2.24. The van der Waals surface area contributed by atoms with Crippen molar-refractivity contribution in [2.24, 2.45) is 0 Å². The first-order valence-electron chi connectivity index (χ1n) is 7.02. The minimum atomic E-state index is -1.05. The molecule has 124 valence electrons. The molecule has 0 fully saturated rings. The Kier molecular flexibility index (Phi) is 5.89. The van der Waals surface area contributed by atoms with Crippen LogP contribution in [0.25, 0.3) is 0 Å². The predicted molar refractivity (Wildman–Crippen MR) is 95.7 cm³/mol. The second-order valence-electron chi connectivity index (χ2n) is 5.56. The van der Waals surface area contributed by atoms with Crippen LogP contribution in [0.4, 0.5) is 5.13 Å². The van der Waals surface area contributed by atoms with Crippen molar-refractivity contribution in [2.45, 2.75) is 42.9 Å². The first-order valence-corrected chi connectivity index (χ1v) is 9.10. The van der Waals surface area contributed by atoms with Gasteiger partial charge >= 0.3 is 0 Å². The molecule has 0 saturated heterocycles. The van der Waals surface area contributed by atoms with Gasteiger partial charge < -0.3 is 4.74 Å². The van der Waals surface area contributed by atoms with E-state index in [1.165, 1.54) is 11.3 Å². The molecule has 2 aromatic rings. The van der Waals surface area contributed by atoms with E-state index in [-0.39, 0.29) is 5.91 Å². The summed E-state index contributed by atoms with van der Waals surface area (Å²) in [7, 11) is 0. The van der Waals surface area contributed by atoms with Crippen LogP contribution in [0.15, 0.2) is 28.6 Å². The highest BCUT2D eigenvalue weighted by atomic mass is 35.5. The van der Waals surface area contributed by atoms with Crippen molar-refractivity contribution in [1.29, 1.82) is 0 Å². The molecule has 1 N–H and O–H groups in total. The standard InChI is InChI=1S/C15H18ClN3O2S2/c1-9(2)22-14-19-18-13(23-14)17-12(20)15(3,4)21-11-7-5-10(16)6-8-11/h5-9H,1-4H3,(H,17,18,20). The third kappa shape index (κ3) is 5.37. The fraction of sp³-hybridized carbons (Fsp3) is 0.400. The van der Waals surface area contributed by atoms with Crippen LogP contribution in [-0.2, 0) is 4.79 Å². The molecule has 0 radical (unpaired) electrons. The third-order valence-electron chi connectivity index (χ3n) is 2.70. The van der Waals surface area contributed by atoms with E-state index in [4.69, 9.17) is 16.3 Å². The molecule has 1 heterocycles. The Morgan fingerprint density at radius 1 is 1.30 bits per heavy atom. The first-order chi connectivity index (χ1) is 10.8. The van der Waals surface area contributed by atoms with Crippen LogP contribution in [0.5, 0.6) is 5.75 Å². The largest absolute Gasteiger partial charge is 0.478 e. The minimum absolute atomic E-state index is 0.287. The fourth-order valence-corrected chi connectivity index (χ4v) is 3.70. The first kappa shape index (κ1) is 18.0. The van der Waals surface area contributed by atoms with Gasteiger partial charge in [-0.3, -0.25) is 10.1 Å². The van der Waals surface area contributed by atoms with Crippen LogP contribution in [0, 0.1) is 0 Å². The molecule has 23 heavy (non-hydrogen) atoms. The topological polar surface area (TPSA) is 64.1 Å². The number of carbonyl (C=O) groups is 1. The smallest absolute Gasteiger partial charge is 0.269 e. The summed E-state index contributed by atoms with van der Waals surface area (Å²) in [5.74, 6) is 0.285. The maximum absolute atomic E-state index is 12.4. The van der Waals surface area contributed by atoms with E-state index in [0.29, 0.717) is 21.2 Å². The Labute approximate surface area is 148 Å². The quantitative estimate of drug-likeness (QED) is 0.598. The minimum Gasteiger partial charge on any atom is -0.478 e. The molecule has 0 spiro atoms. The van der Waals surface area contributed by atoms with Crippen molar-refractivity contribution >= 4 is 45.7 Å². The molecule has 0 aliphatic carbocycles. The molecule has 0 aliphatic heterocycles. The highest BCUT2D eigenvalue weighted by molar-refractivity contribution is 8.01. The summed E-state index contributed by atoms with van der Waals surface area (Å²) in [6.45, 7) is 7.55.